The fraction of sp³-hybridized carbons (Fsp3) is 0.455. The third-order valence-corrected chi connectivity index (χ3v) is 3.93. The standard InChI is InChI=1S/C11H15Cl2NOS/c1-11(14,7-15)4-5-16-8-2-3-9(12)10(13)6-8/h2-3,6,15H,4-5,7,14H2,1H3. The number of benzene rings is 1. The molecule has 0 aliphatic carbocycles. The van der Waals surface area contributed by atoms with Crippen molar-refractivity contribution in [2.45, 2.75) is 23.8 Å². The number of hydrogen-bond donors (Lipinski definition) is 2. The summed E-state index contributed by atoms with van der Waals surface area (Å²) in [5, 5.41) is 10.1. The summed E-state index contributed by atoms with van der Waals surface area (Å²) in [7, 11) is 0. The van der Waals surface area contributed by atoms with Gasteiger partial charge >= 0.3 is 0 Å². The quantitative estimate of drug-likeness (QED) is 0.814. The first-order valence-electron chi connectivity index (χ1n) is 4.92. The lowest BCUT2D eigenvalue weighted by Gasteiger charge is -2.20. The van der Waals surface area contributed by atoms with Gasteiger partial charge in [-0.2, -0.15) is 0 Å². The molecule has 0 spiro atoms. The average molecular weight is 280 g/mol. The molecule has 1 unspecified atom stereocenters. The summed E-state index contributed by atoms with van der Waals surface area (Å²) in [6.07, 6.45) is 0.744. The molecule has 16 heavy (non-hydrogen) atoms. The van der Waals surface area contributed by atoms with Crippen molar-refractivity contribution < 1.29 is 5.11 Å². The summed E-state index contributed by atoms with van der Waals surface area (Å²) in [5.74, 6) is 0.839. The normalized spacial score (nSPS) is 14.8. The van der Waals surface area contributed by atoms with Crippen LogP contribution in [-0.4, -0.2) is 23.0 Å². The Morgan fingerprint density at radius 2 is 2.06 bits per heavy atom. The van der Waals surface area contributed by atoms with Crippen LogP contribution >= 0.6 is 35.0 Å². The van der Waals surface area contributed by atoms with Crippen molar-refractivity contribution in [2.75, 3.05) is 12.4 Å². The van der Waals surface area contributed by atoms with Gasteiger partial charge < -0.3 is 10.8 Å². The Bertz CT molecular complexity index is 358. The van der Waals surface area contributed by atoms with Crippen LogP contribution in [-0.2, 0) is 0 Å². The summed E-state index contributed by atoms with van der Waals surface area (Å²) in [6, 6.07) is 5.53. The third-order valence-electron chi connectivity index (χ3n) is 2.19. The predicted molar refractivity (Wildman–Crippen MR) is 71.5 cm³/mol. The molecule has 90 valence electrons. The van der Waals surface area contributed by atoms with Crippen LogP contribution in [0.3, 0.4) is 0 Å². The van der Waals surface area contributed by atoms with Crippen molar-refractivity contribution >= 4 is 35.0 Å². The van der Waals surface area contributed by atoms with Crippen LogP contribution in [0.4, 0.5) is 0 Å². The molecule has 0 amide bonds. The molecule has 2 nitrogen and oxygen atoms in total. The molecule has 0 aliphatic heterocycles. The number of hydrogen-bond acceptors (Lipinski definition) is 3. The second kappa shape index (κ2) is 6.12. The molecule has 0 saturated carbocycles. The highest BCUT2D eigenvalue weighted by atomic mass is 35.5. The van der Waals surface area contributed by atoms with E-state index in [0.29, 0.717) is 10.0 Å². The van der Waals surface area contributed by atoms with Gasteiger partial charge in [-0.1, -0.05) is 23.2 Å². The molecule has 1 rings (SSSR count). The van der Waals surface area contributed by atoms with Gasteiger partial charge in [-0.25, -0.2) is 0 Å². The predicted octanol–water partition coefficient (Wildman–Crippen LogP) is 3.19. The van der Waals surface area contributed by atoms with Crippen molar-refractivity contribution in [1.29, 1.82) is 0 Å². The fourth-order valence-electron chi connectivity index (χ4n) is 1.05. The van der Waals surface area contributed by atoms with Gasteiger partial charge in [-0.3, -0.25) is 0 Å². The molecule has 5 heteroatoms. The van der Waals surface area contributed by atoms with E-state index in [1.165, 1.54) is 0 Å². The number of nitrogens with two attached hydrogens (primary N) is 1. The zero-order valence-corrected chi connectivity index (χ0v) is 11.4. The number of aliphatic hydroxyl groups excluding tert-OH is 1. The van der Waals surface area contributed by atoms with Gasteiger partial charge in [0.05, 0.1) is 16.7 Å². The van der Waals surface area contributed by atoms with Crippen LogP contribution in [0.5, 0.6) is 0 Å². The molecule has 1 aromatic rings. The van der Waals surface area contributed by atoms with E-state index in [1.807, 2.05) is 19.1 Å². The maximum Gasteiger partial charge on any atom is 0.0608 e. The minimum atomic E-state index is -0.511. The highest BCUT2D eigenvalue weighted by Gasteiger charge is 2.16. The highest BCUT2D eigenvalue weighted by molar-refractivity contribution is 7.99. The lowest BCUT2D eigenvalue weighted by molar-refractivity contribution is 0.206. The molecule has 0 aliphatic rings. The second-order valence-corrected chi connectivity index (χ2v) is 5.97. The zero-order valence-electron chi connectivity index (χ0n) is 9.04. The molecule has 1 atom stereocenters. The molecule has 0 aromatic heterocycles. The second-order valence-electron chi connectivity index (χ2n) is 3.99. The van der Waals surface area contributed by atoms with E-state index in [1.54, 1.807) is 17.8 Å². The van der Waals surface area contributed by atoms with Gasteiger partial charge in [-0.05, 0) is 37.3 Å². The fourth-order valence-corrected chi connectivity index (χ4v) is 2.58. The Balaban J connectivity index is 2.46. The van der Waals surface area contributed by atoms with E-state index in [0.717, 1.165) is 17.1 Å². The largest absolute Gasteiger partial charge is 0.394 e. The van der Waals surface area contributed by atoms with Crippen LogP contribution in [0.25, 0.3) is 0 Å². The number of thioether (sulfide) groups is 1. The van der Waals surface area contributed by atoms with Gasteiger partial charge in [0.2, 0.25) is 0 Å². The average Bonchev–Trinajstić information content (AvgIpc) is 2.23. The smallest absolute Gasteiger partial charge is 0.0608 e. The van der Waals surface area contributed by atoms with E-state index >= 15 is 0 Å². The van der Waals surface area contributed by atoms with Crippen LogP contribution in [0.1, 0.15) is 13.3 Å². The molecule has 0 radical (unpaired) electrons. The molecule has 3 N–H and O–H groups in total. The van der Waals surface area contributed by atoms with Crippen LogP contribution in [0.2, 0.25) is 10.0 Å². The van der Waals surface area contributed by atoms with E-state index in [-0.39, 0.29) is 6.61 Å². The molecular weight excluding hydrogens is 265 g/mol. The molecule has 0 fully saturated rings. The number of aliphatic hydroxyl groups is 1. The summed E-state index contributed by atoms with van der Waals surface area (Å²) >= 11 is 13.4. The van der Waals surface area contributed by atoms with E-state index in [2.05, 4.69) is 0 Å². The summed E-state index contributed by atoms with van der Waals surface area (Å²) in [4.78, 5) is 1.06. The third kappa shape index (κ3) is 4.52. The first-order valence-corrected chi connectivity index (χ1v) is 6.66. The zero-order chi connectivity index (χ0) is 12.2. The summed E-state index contributed by atoms with van der Waals surface area (Å²) in [5.41, 5.74) is 5.31. The Morgan fingerprint density at radius 1 is 1.38 bits per heavy atom. The number of halogens is 2. The van der Waals surface area contributed by atoms with Crippen LogP contribution in [0, 0.1) is 0 Å². The lowest BCUT2D eigenvalue weighted by atomic mass is 10.0. The maximum absolute atomic E-state index is 9.00. The van der Waals surface area contributed by atoms with Crippen LogP contribution in [0.15, 0.2) is 23.1 Å². The minimum absolute atomic E-state index is 0.00503. The Kier molecular flexibility index (Phi) is 5.41. The van der Waals surface area contributed by atoms with Crippen molar-refractivity contribution in [3.8, 4) is 0 Å². The highest BCUT2D eigenvalue weighted by Crippen LogP contribution is 2.28. The van der Waals surface area contributed by atoms with Gasteiger partial charge in [0.25, 0.3) is 0 Å². The van der Waals surface area contributed by atoms with E-state index < -0.39 is 5.54 Å². The molecule has 0 saturated heterocycles. The number of rotatable bonds is 5. The molecule has 1 aromatic carbocycles. The summed E-state index contributed by atoms with van der Waals surface area (Å²) < 4.78 is 0. The van der Waals surface area contributed by atoms with Crippen molar-refractivity contribution in [3.05, 3.63) is 28.2 Å². The lowest BCUT2D eigenvalue weighted by Crippen LogP contribution is -2.40. The molecular formula is C11H15Cl2NOS. The first kappa shape index (κ1) is 14.1. The topological polar surface area (TPSA) is 46.2 Å². The van der Waals surface area contributed by atoms with Gasteiger partial charge in [0.15, 0.2) is 0 Å². The van der Waals surface area contributed by atoms with E-state index in [9.17, 15) is 0 Å². The molecule has 0 bridgehead atoms. The Morgan fingerprint density at radius 3 is 2.62 bits per heavy atom. The van der Waals surface area contributed by atoms with E-state index in [4.69, 9.17) is 34.0 Å². The van der Waals surface area contributed by atoms with Crippen molar-refractivity contribution in [1.82, 2.24) is 0 Å². The van der Waals surface area contributed by atoms with Gasteiger partial charge in [0, 0.05) is 10.4 Å². The first-order chi connectivity index (χ1) is 7.44. The maximum atomic E-state index is 9.00. The van der Waals surface area contributed by atoms with Crippen molar-refractivity contribution in [2.24, 2.45) is 5.73 Å². The Hall–Kier alpha value is 0.0700. The SMILES string of the molecule is CC(N)(CO)CCSc1ccc(Cl)c(Cl)c1. The van der Waals surface area contributed by atoms with Gasteiger partial charge in [0.1, 0.15) is 0 Å². The minimum Gasteiger partial charge on any atom is -0.394 e. The van der Waals surface area contributed by atoms with Crippen LogP contribution < -0.4 is 5.73 Å². The van der Waals surface area contributed by atoms with Gasteiger partial charge in [-0.15, -0.1) is 11.8 Å². The summed E-state index contributed by atoms with van der Waals surface area (Å²) in [6.45, 7) is 1.83. The monoisotopic (exact) mass is 279 g/mol. The van der Waals surface area contributed by atoms with Crippen molar-refractivity contribution in [3.63, 3.8) is 0 Å². The Labute approximate surface area is 110 Å². The molecule has 0 heterocycles.